The first-order chi connectivity index (χ1) is 12.9. The number of aryl methyl sites for hydroxylation is 3. The zero-order valence-electron chi connectivity index (χ0n) is 15.5. The van der Waals surface area contributed by atoms with Crippen LogP contribution in [0.2, 0.25) is 0 Å². The first kappa shape index (κ1) is 18.8. The molecule has 0 aliphatic rings. The fourth-order valence-corrected chi connectivity index (χ4v) is 3.79. The lowest BCUT2D eigenvalue weighted by Gasteiger charge is -2.09. The lowest BCUT2D eigenvalue weighted by molar-refractivity contribution is 0.0951. The van der Waals surface area contributed by atoms with Crippen molar-refractivity contribution >= 4 is 28.2 Å². The Kier molecular flexibility index (Phi) is 5.36. The van der Waals surface area contributed by atoms with Gasteiger partial charge in [0.15, 0.2) is 0 Å². The molecule has 3 aromatic rings. The maximum Gasteiger partial charge on any atom is 0.261 e. The van der Waals surface area contributed by atoms with Crippen molar-refractivity contribution in [2.75, 3.05) is 5.32 Å². The van der Waals surface area contributed by atoms with E-state index in [2.05, 4.69) is 20.8 Å². The molecule has 0 atom stereocenters. The predicted octanol–water partition coefficient (Wildman–Crippen LogP) is 3.55. The van der Waals surface area contributed by atoms with Crippen molar-refractivity contribution in [1.29, 1.82) is 0 Å². The molecule has 0 bridgehead atoms. The molecule has 3 rings (SSSR count). The number of rotatable bonds is 5. The first-order valence-electron chi connectivity index (χ1n) is 8.39. The van der Waals surface area contributed by atoms with Gasteiger partial charge in [-0.2, -0.15) is 0 Å². The van der Waals surface area contributed by atoms with Gasteiger partial charge in [0.05, 0.1) is 11.3 Å². The van der Waals surface area contributed by atoms with Crippen molar-refractivity contribution in [3.05, 3.63) is 63.1 Å². The van der Waals surface area contributed by atoms with Crippen molar-refractivity contribution in [1.82, 2.24) is 15.5 Å². The molecule has 0 saturated heterocycles. The Morgan fingerprint density at radius 1 is 1.15 bits per heavy atom. The lowest BCUT2D eigenvalue weighted by Crippen LogP contribution is -2.25. The van der Waals surface area contributed by atoms with Gasteiger partial charge in [0.1, 0.15) is 16.3 Å². The van der Waals surface area contributed by atoms with Gasteiger partial charge in [-0.15, -0.1) is 11.3 Å². The summed E-state index contributed by atoms with van der Waals surface area (Å²) in [4.78, 5) is 30.4. The number of carbonyl (C=O) groups is 2. The molecule has 140 valence electrons. The summed E-state index contributed by atoms with van der Waals surface area (Å²) < 4.78 is 5.06. The number of hydrogen-bond donors (Lipinski definition) is 2. The van der Waals surface area contributed by atoms with Crippen molar-refractivity contribution in [2.45, 2.75) is 34.2 Å². The molecule has 0 spiro atoms. The van der Waals surface area contributed by atoms with E-state index >= 15 is 0 Å². The van der Waals surface area contributed by atoms with Crippen LogP contribution < -0.4 is 10.6 Å². The van der Waals surface area contributed by atoms with Gasteiger partial charge in [0.25, 0.3) is 11.8 Å². The minimum Gasteiger partial charge on any atom is -0.361 e. The molecule has 7 nitrogen and oxygen atoms in total. The number of amides is 2. The highest BCUT2D eigenvalue weighted by molar-refractivity contribution is 7.16. The Hall–Kier alpha value is -3.00. The number of carbonyl (C=O) groups excluding carboxylic acids is 2. The number of thiophene rings is 1. The summed E-state index contributed by atoms with van der Waals surface area (Å²) in [5.41, 5.74) is 3.12. The number of nitrogens with zero attached hydrogens (tertiary/aromatic N) is 2. The van der Waals surface area contributed by atoms with Crippen LogP contribution in [-0.4, -0.2) is 22.0 Å². The third-order valence-electron chi connectivity index (χ3n) is 4.28. The average molecular weight is 384 g/mol. The molecular formula is C19H20N4O3S. The van der Waals surface area contributed by atoms with Crippen LogP contribution in [0.5, 0.6) is 0 Å². The van der Waals surface area contributed by atoms with Gasteiger partial charge >= 0.3 is 0 Å². The molecule has 8 heteroatoms. The van der Waals surface area contributed by atoms with Crippen LogP contribution >= 0.6 is 11.3 Å². The van der Waals surface area contributed by atoms with E-state index in [-0.39, 0.29) is 11.8 Å². The van der Waals surface area contributed by atoms with Crippen LogP contribution in [0.1, 0.15) is 48.2 Å². The SMILES string of the molecule is Cc1noc(C)c1C(=O)Nc1sc(C)c(C)c1C(=O)NCc1cccnc1. The number of anilines is 1. The fourth-order valence-electron chi connectivity index (χ4n) is 2.73. The average Bonchev–Trinajstić information content (AvgIpc) is 3.12. The maximum absolute atomic E-state index is 12.8. The van der Waals surface area contributed by atoms with Crippen LogP contribution in [0.15, 0.2) is 29.0 Å². The van der Waals surface area contributed by atoms with E-state index in [1.807, 2.05) is 26.0 Å². The quantitative estimate of drug-likeness (QED) is 0.701. The van der Waals surface area contributed by atoms with Crippen LogP contribution in [-0.2, 0) is 6.54 Å². The normalized spacial score (nSPS) is 10.7. The van der Waals surface area contributed by atoms with Crippen LogP contribution in [0, 0.1) is 27.7 Å². The van der Waals surface area contributed by atoms with Gasteiger partial charge in [-0.05, 0) is 44.9 Å². The Bertz CT molecular complexity index is 973. The van der Waals surface area contributed by atoms with E-state index < -0.39 is 0 Å². The van der Waals surface area contributed by atoms with Crippen molar-refractivity contribution < 1.29 is 14.1 Å². The monoisotopic (exact) mass is 384 g/mol. The van der Waals surface area contributed by atoms with Crippen molar-refractivity contribution in [3.63, 3.8) is 0 Å². The van der Waals surface area contributed by atoms with Gasteiger partial charge < -0.3 is 15.2 Å². The van der Waals surface area contributed by atoms with Crippen molar-refractivity contribution in [3.8, 4) is 0 Å². The summed E-state index contributed by atoms with van der Waals surface area (Å²) in [6.45, 7) is 7.54. The second-order valence-corrected chi connectivity index (χ2v) is 7.41. The molecule has 0 saturated carbocycles. The number of aromatic nitrogens is 2. The van der Waals surface area contributed by atoms with E-state index in [9.17, 15) is 9.59 Å². The molecular weight excluding hydrogens is 364 g/mol. The van der Waals surface area contributed by atoms with E-state index in [1.165, 1.54) is 11.3 Å². The summed E-state index contributed by atoms with van der Waals surface area (Å²) in [5, 5.41) is 10.0. The molecule has 2 N–H and O–H groups in total. The molecule has 3 aromatic heterocycles. The standard InChI is InChI=1S/C19H20N4O3S/c1-10-13(4)27-19(22-18(25)16-11(2)23-26-12(16)3)15(10)17(24)21-9-14-6-5-7-20-8-14/h5-8H,9H2,1-4H3,(H,21,24)(H,22,25). The highest BCUT2D eigenvalue weighted by Crippen LogP contribution is 2.33. The second-order valence-electron chi connectivity index (χ2n) is 6.18. The summed E-state index contributed by atoms with van der Waals surface area (Å²) >= 11 is 1.37. The zero-order chi connectivity index (χ0) is 19.6. The van der Waals surface area contributed by atoms with E-state index in [0.29, 0.717) is 34.1 Å². The van der Waals surface area contributed by atoms with Crippen LogP contribution in [0.3, 0.4) is 0 Å². The van der Waals surface area contributed by atoms with Gasteiger partial charge in [-0.25, -0.2) is 0 Å². The number of hydrogen-bond acceptors (Lipinski definition) is 6. The minimum absolute atomic E-state index is 0.241. The summed E-state index contributed by atoms with van der Waals surface area (Å²) in [7, 11) is 0. The molecule has 0 radical (unpaired) electrons. The predicted molar refractivity (Wildman–Crippen MR) is 103 cm³/mol. The number of nitrogens with one attached hydrogen (secondary N) is 2. The molecule has 0 unspecified atom stereocenters. The first-order valence-corrected chi connectivity index (χ1v) is 9.21. The Morgan fingerprint density at radius 3 is 2.56 bits per heavy atom. The number of pyridine rings is 1. The third kappa shape index (κ3) is 3.90. The fraction of sp³-hybridized carbons (Fsp3) is 0.263. The molecule has 0 aromatic carbocycles. The topological polar surface area (TPSA) is 97.1 Å². The highest BCUT2D eigenvalue weighted by atomic mass is 32.1. The summed E-state index contributed by atoms with van der Waals surface area (Å²) in [5.74, 6) is -0.138. The lowest BCUT2D eigenvalue weighted by atomic mass is 10.1. The smallest absolute Gasteiger partial charge is 0.261 e. The van der Waals surface area contributed by atoms with E-state index in [0.717, 1.165) is 16.0 Å². The Labute approximate surface area is 160 Å². The molecule has 0 fully saturated rings. The largest absolute Gasteiger partial charge is 0.361 e. The van der Waals surface area contributed by atoms with Crippen LogP contribution in [0.25, 0.3) is 0 Å². The molecule has 27 heavy (non-hydrogen) atoms. The Morgan fingerprint density at radius 2 is 1.93 bits per heavy atom. The second kappa shape index (κ2) is 7.71. The third-order valence-corrected chi connectivity index (χ3v) is 5.40. The zero-order valence-corrected chi connectivity index (χ0v) is 16.4. The molecule has 0 aliphatic heterocycles. The van der Waals surface area contributed by atoms with E-state index in [4.69, 9.17) is 4.52 Å². The summed E-state index contributed by atoms with van der Waals surface area (Å²) in [6.07, 6.45) is 3.38. The van der Waals surface area contributed by atoms with Crippen LogP contribution in [0.4, 0.5) is 5.00 Å². The highest BCUT2D eigenvalue weighted by Gasteiger charge is 2.24. The maximum atomic E-state index is 12.8. The minimum atomic E-state index is -0.339. The summed E-state index contributed by atoms with van der Waals surface area (Å²) in [6, 6.07) is 3.70. The molecule has 2 amide bonds. The van der Waals surface area contributed by atoms with Gasteiger partial charge in [-0.3, -0.25) is 14.6 Å². The van der Waals surface area contributed by atoms with Crippen molar-refractivity contribution in [2.24, 2.45) is 0 Å². The Balaban J connectivity index is 1.82. The van der Waals surface area contributed by atoms with Gasteiger partial charge in [0, 0.05) is 23.8 Å². The van der Waals surface area contributed by atoms with E-state index in [1.54, 1.807) is 26.2 Å². The van der Waals surface area contributed by atoms with Gasteiger partial charge in [0.2, 0.25) is 0 Å². The molecule has 3 heterocycles. The van der Waals surface area contributed by atoms with Gasteiger partial charge in [-0.1, -0.05) is 11.2 Å². The molecule has 0 aliphatic carbocycles.